The minimum Gasteiger partial charge on any atom is -0.495 e. The van der Waals surface area contributed by atoms with E-state index in [0.717, 1.165) is 11.1 Å². The van der Waals surface area contributed by atoms with Crippen molar-refractivity contribution in [2.75, 3.05) is 20.2 Å². The molecule has 1 saturated heterocycles. The molecule has 2 aromatic rings. The Bertz CT molecular complexity index is 1010. The summed E-state index contributed by atoms with van der Waals surface area (Å²) in [6.07, 6.45) is 1.10. The Labute approximate surface area is 177 Å². The van der Waals surface area contributed by atoms with Crippen molar-refractivity contribution in [1.82, 2.24) is 9.62 Å². The van der Waals surface area contributed by atoms with E-state index < -0.39 is 10.0 Å². The maximum absolute atomic E-state index is 12.9. The molecule has 0 unspecified atom stereocenters. The summed E-state index contributed by atoms with van der Waals surface area (Å²) in [5, 5.41) is 0. The van der Waals surface area contributed by atoms with Crippen LogP contribution in [-0.2, 0) is 10.0 Å². The van der Waals surface area contributed by atoms with Crippen LogP contribution in [0.25, 0.3) is 0 Å². The lowest BCUT2D eigenvalue weighted by Gasteiger charge is -2.32. The molecular weight excluding hydrogens is 408 g/mol. The highest BCUT2D eigenvalue weighted by atomic mass is 32.2. The summed E-state index contributed by atoms with van der Waals surface area (Å²) in [5.41, 5.74) is 2.42. The van der Waals surface area contributed by atoms with Crippen LogP contribution >= 0.6 is 12.6 Å². The van der Waals surface area contributed by atoms with Crippen LogP contribution in [-0.4, -0.2) is 45.5 Å². The molecule has 156 valence electrons. The first kappa shape index (κ1) is 21.7. The van der Waals surface area contributed by atoms with E-state index in [1.807, 2.05) is 26.0 Å². The fourth-order valence-corrected chi connectivity index (χ4v) is 5.24. The molecule has 8 heteroatoms. The molecule has 0 radical (unpaired) electrons. The zero-order valence-electron chi connectivity index (χ0n) is 16.8. The fourth-order valence-electron chi connectivity index (χ4n) is 3.44. The van der Waals surface area contributed by atoms with Gasteiger partial charge in [0.15, 0.2) is 0 Å². The Morgan fingerprint density at radius 3 is 2.38 bits per heavy atom. The van der Waals surface area contributed by atoms with Gasteiger partial charge in [0.1, 0.15) is 10.6 Å². The number of sulfonamides is 1. The van der Waals surface area contributed by atoms with Crippen LogP contribution in [0.2, 0.25) is 0 Å². The van der Waals surface area contributed by atoms with Gasteiger partial charge in [-0.2, -0.15) is 0 Å². The number of ether oxygens (including phenoxy) is 1. The molecule has 0 aliphatic carbocycles. The number of likely N-dealkylation sites (tertiary alicyclic amines) is 1. The number of methoxy groups -OCH3 is 1. The van der Waals surface area contributed by atoms with Crippen LogP contribution in [0.1, 0.15) is 34.3 Å². The van der Waals surface area contributed by atoms with Crippen LogP contribution in [0, 0.1) is 13.8 Å². The summed E-state index contributed by atoms with van der Waals surface area (Å²) in [6, 6.07) is 10.3. The van der Waals surface area contributed by atoms with Crippen molar-refractivity contribution in [2.45, 2.75) is 42.5 Å². The predicted molar refractivity (Wildman–Crippen MR) is 115 cm³/mol. The number of nitrogens with one attached hydrogen (secondary N) is 1. The Hall–Kier alpha value is -2.03. The summed E-state index contributed by atoms with van der Waals surface area (Å²) in [4.78, 5) is 15.2. The van der Waals surface area contributed by atoms with E-state index in [4.69, 9.17) is 4.74 Å². The van der Waals surface area contributed by atoms with E-state index in [1.54, 1.807) is 29.2 Å². The van der Waals surface area contributed by atoms with Crippen LogP contribution in [0.5, 0.6) is 5.75 Å². The first-order valence-corrected chi connectivity index (χ1v) is 11.4. The minimum atomic E-state index is -3.73. The SMILES string of the molecule is COc1cc(C)c(C)cc1S(=O)(=O)NC1CCN(C(=O)c2ccccc2S)CC1. The Balaban J connectivity index is 1.68. The van der Waals surface area contributed by atoms with E-state index in [9.17, 15) is 13.2 Å². The number of amides is 1. The highest BCUT2D eigenvalue weighted by Crippen LogP contribution is 2.28. The van der Waals surface area contributed by atoms with Crippen LogP contribution in [0.3, 0.4) is 0 Å². The summed E-state index contributed by atoms with van der Waals surface area (Å²) in [7, 11) is -2.26. The molecule has 0 saturated carbocycles. The van der Waals surface area contributed by atoms with Crippen molar-refractivity contribution < 1.29 is 17.9 Å². The normalized spacial score (nSPS) is 15.4. The van der Waals surface area contributed by atoms with Gasteiger partial charge in [0.25, 0.3) is 5.91 Å². The first-order chi connectivity index (χ1) is 13.7. The van der Waals surface area contributed by atoms with Crippen LogP contribution < -0.4 is 9.46 Å². The lowest BCUT2D eigenvalue weighted by Crippen LogP contribution is -2.46. The second-order valence-corrected chi connectivity index (χ2v) is 9.46. The number of rotatable bonds is 5. The second kappa shape index (κ2) is 8.77. The molecule has 1 fully saturated rings. The molecule has 2 aromatic carbocycles. The van der Waals surface area contributed by atoms with Crippen molar-refractivity contribution in [3.05, 3.63) is 53.1 Å². The van der Waals surface area contributed by atoms with E-state index in [0.29, 0.717) is 42.1 Å². The van der Waals surface area contributed by atoms with E-state index in [1.165, 1.54) is 7.11 Å². The van der Waals surface area contributed by atoms with Gasteiger partial charge in [-0.25, -0.2) is 13.1 Å². The standard InChI is InChI=1S/C21H26N2O4S2/c1-14-12-18(27-3)20(13-15(14)2)29(25,26)22-16-8-10-23(11-9-16)21(24)17-6-4-5-7-19(17)28/h4-7,12-13,16,22,28H,8-11H2,1-3H3. The molecule has 1 heterocycles. The number of benzene rings is 2. The van der Waals surface area contributed by atoms with Gasteiger partial charge >= 0.3 is 0 Å². The average Bonchev–Trinajstić information content (AvgIpc) is 2.69. The maximum atomic E-state index is 12.9. The summed E-state index contributed by atoms with van der Waals surface area (Å²) in [6.45, 7) is 4.75. The van der Waals surface area contributed by atoms with Gasteiger partial charge in [0.05, 0.1) is 12.7 Å². The number of aryl methyl sites for hydroxylation is 2. The molecule has 0 bridgehead atoms. The second-order valence-electron chi connectivity index (χ2n) is 7.29. The van der Waals surface area contributed by atoms with E-state index in [2.05, 4.69) is 17.4 Å². The summed E-state index contributed by atoms with van der Waals surface area (Å²) < 4.78 is 34.0. The number of piperidine rings is 1. The molecule has 6 nitrogen and oxygen atoms in total. The Morgan fingerprint density at radius 2 is 1.76 bits per heavy atom. The number of nitrogens with zero attached hydrogens (tertiary/aromatic N) is 1. The number of carbonyl (C=O) groups is 1. The zero-order valence-corrected chi connectivity index (χ0v) is 18.5. The summed E-state index contributed by atoms with van der Waals surface area (Å²) >= 11 is 4.35. The third-order valence-corrected chi connectivity index (χ3v) is 7.24. The van der Waals surface area contributed by atoms with Gasteiger partial charge in [-0.1, -0.05) is 12.1 Å². The lowest BCUT2D eigenvalue weighted by atomic mass is 10.0. The fraction of sp³-hybridized carbons (Fsp3) is 0.381. The molecule has 29 heavy (non-hydrogen) atoms. The van der Waals surface area contributed by atoms with Crippen molar-refractivity contribution in [1.29, 1.82) is 0 Å². The lowest BCUT2D eigenvalue weighted by molar-refractivity contribution is 0.0708. The van der Waals surface area contributed by atoms with Gasteiger partial charge in [-0.05, 0) is 62.1 Å². The minimum absolute atomic E-state index is 0.0762. The molecule has 1 aliphatic rings. The van der Waals surface area contributed by atoms with Crippen molar-refractivity contribution >= 4 is 28.6 Å². The third-order valence-electron chi connectivity index (χ3n) is 5.31. The molecule has 0 aromatic heterocycles. The molecule has 0 atom stereocenters. The van der Waals surface area contributed by atoms with Crippen LogP contribution in [0.15, 0.2) is 46.2 Å². The Morgan fingerprint density at radius 1 is 1.14 bits per heavy atom. The van der Waals surface area contributed by atoms with Gasteiger partial charge < -0.3 is 9.64 Å². The summed E-state index contributed by atoms with van der Waals surface area (Å²) in [5.74, 6) is 0.256. The van der Waals surface area contributed by atoms with Crippen molar-refractivity contribution in [3.63, 3.8) is 0 Å². The van der Waals surface area contributed by atoms with E-state index >= 15 is 0 Å². The molecular formula is C21H26N2O4S2. The van der Waals surface area contributed by atoms with Crippen molar-refractivity contribution in [2.24, 2.45) is 0 Å². The third kappa shape index (κ3) is 4.76. The number of hydrogen-bond acceptors (Lipinski definition) is 5. The monoisotopic (exact) mass is 434 g/mol. The highest BCUT2D eigenvalue weighted by molar-refractivity contribution is 7.89. The van der Waals surface area contributed by atoms with E-state index in [-0.39, 0.29) is 16.8 Å². The smallest absolute Gasteiger partial charge is 0.254 e. The Kier molecular flexibility index (Phi) is 6.55. The quantitative estimate of drug-likeness (QED) is 0.709. The van der Waals surface area contributed by atoms with Gasteiger partial charge in [0.2, 0.25) is 10.0 Å². The highest BCUT2D eigenvalue weighted by Gasteiger charge is 2.29. The van der Waals surface area contributed by atoms with Crippen molar-refractivity contribution in [3.8, 4) is 5.75 Å². The topological polar surface area (TPSA) is 75.7 Å². The predicted octanol–water partition coefficient (Wildman–Crippen LogP) is 3.18. The van der Waals surface area contributed by atoms with Crippen LogP contribution in [0.4, 0.5) is 0 Å². The van der Waals surface area contributed by atoms with Gasteiger partial charge in [-0.3, -0.25) is 4.79 Å². The first-order valence-electron chi connectivity index (χ1n) is 9.47. The number of carbonyl (C=O) groups excluding carboxylic acids is 1. The van der Waals surface area contributed by atoms with Gasteiger partial charge in [0, 0.05) is 24.0 Å². The molecule has 0 spiro atoms. The average molecular weight is 435 g/mol. The molecule has 1 amide bonds. The number of thiol groups is 1. The molecule has 1 N–H and O–H groups in total. The maximum Gasteiger partial charge on any atom is 0.254 e. The molecule has 3 rings (SSSR count). The zero-order chi connectivity index (χ0) is 21.2. The largest absolute Gasteiger partial charge is 0.495 e. The molecule has 1 aliphatic heterocycles. The number of hydrogen-bond donors (Lipinski definition) is 2. The van der Waals surface area contributed by atoms with Gasteiger partial charge in [-0.15, -0.1) is 12.6 Å².